The molecular weight excluding hydrogens is 162 g/mol. The second kappa shape index (κ2) is 3.50. The first-order chi connectivity index (χ1) is 5.88. The lowest BCUT2D eigenvalue weighted by Gasteiger charge is -2.20. The van der Waals surface area contributed by atoms with Crippen molar-refractivity contribution >= 4 is 0 Å². The van der Waals surface area contributed by atoms with Crippen LogP contribution >= 0.6 is 0 Å². The molecule has 0 saturated carbocycles. The molecule has 1 rings (SSSR count). The van der Waals surface area contributed by atoms with Gasteiger partial charge in [-0.1, -0.05) is 0 Å². The maximum atomic E-state index is 4.29. The zero-order valence-corrected chi connectivity index (χ0v) is 9.18. The van der Waals surface area contributed by atoms with E-state index in [-0.39, 0.29) is 5.54 Å². The quantitative estimate of drug-likeness (QED) is 0.751. The molecule has 3 nitrogen and oxygen atoms in total. The number of nitrogens with zero attached hydrogens (tertiary/aromatic N) is 2. The number of nitrogens with one attached hydrogen (secondary N) is 1. The minimum atomic E-state index is 0.165. The van der Waals surface area contributed by atoms with Gasteiger partial charge in [-0.15, -0.1) is 0 Å². The van der Waals surface area contributed by atoms with Crippen LogP contribution in [0.15, 0.2) is 6.07 Å². The second-order valence-corrected chi connectivity index (χ2v) is 4.50. The third kappa shape index (κ3) is 3.19. The second-order valence-electron chi connectivity index (χ2n) is 4.50. The van der Waals surface area contributed by atoms with E-state index in [0.29, 0.717) is 0 Å². The Morgan fingerprint density at radius 3 is 2.46 bits per heavy atom. The highest BCUT2D eigenvalue weighted by molar-refractivity contribution is 5.08. The van der Waals surface area contributed by atoms with E-state index in [0.717, 1.165) is 12.2 Å². The molecule has 0 radical (unpaired) electrons. The van der Waals surface area contributed by atoms with Gasteiger partial charge in [0.1, 0.15) is 0 Å². The molecule has 0 saturated heterocycles. The lowest BCUT2D eigenvalue weighted by molar-refractivity contribution is 0.416. The normalized spacial score (nSPS) is 12.1. The third-order valence-corrected chi connectivity index (χ3v) is 1.90. The van der Waals surface area contributed by atoms with Crippen molar-refractivity contribution in [2.75, 3.05) is 0 Å². The molecule has 13 heavy (non-hydrogen) atoms. The molecule has 0 amide bonds. The first-order valence-corrected chi connectivity index (χ1v) is 4.63. The average molecular weight is 181 g/mol. The summed E-state index contributed by atoms with van der Waals surface area (Å²) in [5, 5.41) is 7.72. The molecule has 1 heterocycles. The number of hydrogen-bond donors (Lipinski definition) is 1. The summed E-state index contributed by atoms with van der Waals surface area (Å²) in [6, 6.07) is 2.11. The van der Waals surface area contributed by atoms with Crippen LogP contribution in [0.5, 0.6) is 0 Å². The molecule has 1 aromatic heterocycles. The van der Waals surface area contributed by atoms with E-state index < -0.39 is 0 Å². The van der Waals surface area contributed by atoms with Crippen molar-refractivity contribution < 1.29 is 0 Å². The molecule has 0 atom stereocenters. The first-order valence-electron chi connectivity index (χ1n) is 4.63. The summed E-state index contributed by atoms with van der Waals surface area (Å²) in [6.45, 7) is 9.38. The van der Waals surface area contributed by atoms with Crippen molar-refractivity contribution in [3.8, 4) is 0 Å². The largest absolute Gasteiger partial charge is 0.306 e. The maximum absolute atomic E-state index is 4.29. The predicted molar refractivity (Wildman–Crippen MR) is 54.5 cm³/mol. The highest BCUT2D eigenvalue weighted by Crippen LogP contribution is 2.05. The van der Waals surface area contributed by atoms with Crippen LogP contribution in [0, 0.1) is 6.92 Å². The van der Waals surface area contributed by atoms with Crippen molar-refractivity contribution in [2.45, 2.75) is 39.8 Å². The van der Waals surface area contributed by atoms with E-state index >= 15 is 0 Å². The molecule has 0 bridgehead atoms. The molecule has 0 aliphatic carbocycles. The molecule has 1 aromatic rings. The van der Waals surface area contributed by atoms with Crippen molar-refractivity contribution in [3.05, 3.63) is 17.5 Å². The molecule has 0 aromatic carbocycles. The van der Waals surface area contributed by atoms with Crippen LogP contribution in [-0.4, -0.2) is 15.3 Å². The average Bonchev–Trinajstić information content (AvgIpc) is 2.24. The summed E-state index contributed by atoms with van der Waals surface area (Å²) in [7, 11) is 1.98. The molecule has 3 heteroatoms. The Morgan fingerprint density at radius 2 is 2.08 bits per heavy atom. The Hall–Kier alpha value is -0.830. The minimum Gasteiger partial charge on any atom is -0.306 e. The Kier molecular flexibility index (Phi) is 2.76. The van der Waals surface area contributed by atoms with Gasteiger partial charge in [0.15, 0.2) is 0 Å². The van der Waals surface area contributed by atoms with Crippen molar-refractivity contribution in [1.29, 1.82) is 0 Å². The van der Waals surface area contributed by atoms with Crippen LogP contribution in [0.3, 0.4) is 0 Å². The topological polar surface area (TPSA) is 29.9 Å². The van der Waals surface area contributed by atoms with Gasteiger partial charge in [-0.3, -0.25) is 4.68 Å². The highest BCUT2D eigenvalue weighted by Gasteiger charge is 2.10. The van der Waals surface area contributed by atoms with E-state index in [9.17, 15) is 0 Å². The monoisotopic (exact) mass is 181 g/mol. The molecule has 0 unspecified atom stereocenters. The van der Waals surface area contributed by atoms with Gasteiger partial charge in [0.05, 0.1) is 11.4 Å². The van der Waals surface area contributed by atoms with Gasteiger partial charge in [0, 0.05) is 19.1 Å². The SMILES string of the molecule is Cc1cc(CNC(C)(C)C)n(C)n1. The van der Waals surface area contributed by atoms with E-state index in [1.165, 1.54) is 5.69 Å². The lowest BCUT2D eigenvalue weighted by Crippen LogP contribution is -2.35. The summed E-state index contributed by atoms with van der Waals surface area (Å²) in [5.74, 6) is 0. The Labute approximate surface area is 80.1 Å². The molecule has 74 valence electrons. The van der Waals surface area contributed by atoms with E-state index in [1.807, 2.05) is 18.7 Å². The van der Waals surface area contributed by atoms with Crippen molar-refractivity contribution in [1.82, 2.24) is 15.1 Å². The standard InChI is InChI=1S/C10H19N3/c1-8-6-9(13(5)12-8)7-11-10(2,3)4/h6,11H,7H2,1-5H3. The molecule has 0 aliphatic rings. The fourth-order valence-electron chi connectivity index (χ4n) is 1.19. The molecule has 0 aliphatic heterocycles. The summed E-state index contributed by atoms with van der Waals surface area (Å²) >= 11 is 0. The van der Waals surface area contributed by atoms with Crippen LogP contribution in [-0.2, 0) is 13.6 Å². The summed E-state index contributed by atoms with van der Waals surface area (Å²) in [6.07, 6.45) is 0. The van der Waals surface area contributed by atoms with Crippen LogP contribution in [0.2, 0.25) is 0 Å². The Bertz CT molecular complexity index is 281. The molecule has 0 spiro atoms. The number of aromatic nitrogens is 2. The summed E-state index contributed by atoms with van der Waals surface area (Å²) in [4.78, 5) is 0. The highest BCUT2D eigenvalue weighted by atomic mass is 15.3. The van der Waals surface area contributed by atoms with E-state index in [1.54, 1.807) is 0 Å². The van der Waals surface area contributed by atoms with Crippen molar-refractivity contribution in [2.24, 2.45) is 7.05 Å². The Balaban J connectivity index is 2.59. The van der Waals surface area contributed by atoms with Gasteiger partial charge >= 0.3 is 0 Å². The minimum absolute atomic E-state index is 0.165. The molecule has 0 fully saturated rings. The van der Waals surface area contributed by atoms with Crippen LogP contribution in [0.1, 0.15) is 32.2 Å². The first kappa shape index (κ1) is 10.3. The maximum Gasteiger partial charge on any atom is 0.0597 e. The molecule has 1 N–H and O–H groups in total. The van der Waals surface area contributed by atoms with Gasteiger partial charge in [0.25, 0.3) is 0 Å². The summed E-state index contributed by atoms with van der Waals surface area (Å²) in [5.41, 5.74) is 2.47. The molecular formula is C10H19N3. The number of rotatable bonds is 2. The van der Waals surface area contributed by atoms with Crippen LogP contribution < -0.4 is 5.32 Å². The van der Waals surface area contributed by atoms with Gasteiger partial charge in [0.2, 0.25) is 0 Å². The van der Waals surface area contributed by atoms with Crippen molar-refractivity contribution in [3.63, 3.8) is 0 Å². The number of hydrogen-bond acceptors (Lipinski definition) is 2. The zero-order valence-electron chi connectivity index (χ0n) is 9.18. The number of aryl methyl sites for hydroxylation is 2. The fraction of sp³-hybridized carbons (Fsp3) is 0.700. The van der Waals surface area contributed by atoms with Gasteiger partial charge in [-0.2, -0.15) is 5.10 Å². The van der Waals surface area contributed by atoms with Gasteiger partial charge in [-0.05, 0) is 33.8 Å². The van der Waals surface area contributed by atoms with Gasteiger partial charge in [-0.25, -0.2) is 0 Å². The smallest absolute Gasteiger partial charge is 0.0597 e. The van der Waals surface area contributed by atoms with E-state index in [2.05, 4.69) is 37.3 Å². The zero-order chi connectivity index (χ0) is 10.1. The van der Waals surface area contributed by atoms with E-state index in [4.69, 9.17) is 0 Å². The van der Waals surface area contributed by atoms with Crippen LogP contribution in [0.4, 0.5) is 0 Å². The fourth-order valence-corrected chi connectivity index (χ4v) is 1.19. The predicted octanol–water partition coefficient (Wildman–Crippen LogP) is 1.62. The van der Waals surface area contributed by atoms with Crippen LogP contribution in [0.25, 0.3) is 0 Å². The summed E-state index contributed by atoms with van der Waals surface area (Å²) < 4.78 is 1.92. The van der Waals surface area contributed by atoms with Gasteiger partial charge < -0.3 is 5.32 Å². The Morgan fingerprint density at radius 1 is 1.46 bits per heavy atom. The lowest BCUT2D eigenvalue weighted by atomic mass is 10.1. The third-order valence-electron chi connectivity index (χ3n) is 1.90.